The van der Waals surface area contributed by atoms with Crippen LogP contribution in [0.4, 0.5) is 0 Å². The fourth-order valence-electron chi connectivity index (χ4n) is 0.850. The summed E-state index contributed by atoms with van der Waals surface area (Å²) in [5.41, 5.74) is 0.532. The minimum absolute atomic E-state index is 0. The van der Waals surface area contributed by atoms with Crippen molar-refractivity contribution in [2.75, 3.05) is 0 Å². The van der Waals surface area contributed by atoms with E-state index in [1.54, 1.807) is 18.2 Å². The Hall–Kier alpha value is 1.34. The zero-order chi connectivity index (χ0) is 10.1. The molecule has 0 aliphatic heterocycles. The van der Waals surface area contributed by atoms with Crippen molar-refractivity contribution in [2.45, 2.75) is 5.75 Å². The molecular weight excluding hydrogens is 394 g/mol. The molecule has 72 valence electrons. The second-order valence-corrected chi connectivity index (χ2v) is 5.75. The van der Waals surface area contributed by atoms with Crippen LogP contribution in [0.3, 0.4) is 0 Å². The van der Waals surface area contributed by atoms with Gasteiger partial charge in [-0.05, 0) is 50.2 Å². The Balaban J connectivity index is 0.00000169. The van der Waals surface area contributed by atoms with Crippen molar-refractivity contribution in [3.05, 3.63) is 31.8 Å². The average molecular weight is 399 g/mol. The number of hydrogen-bond donors (Lipinski definition) is 0. The quantitative estimate of drug-likeness (QED) is 0.368. The van der Waals surface area contributed by atoms with Crippen LogP contribution in [0, 0.1) is 3.57 Å². The molecule has 0 atom stereocenters. The molecule has 0 saturated carbocycles. The van der Waals surface area contributed by atoms with E-state index in [-0.39, 0.29) is 29.6 Å². The molecule has 0 fully saturated rings. The number of rotatable bonds is 2. The first-order chi connectivity index (χ1) is 5.90. The molecule has 0 saturated heterocycles. The smallest absolute Gasteiger partial charge is 0.748 e. The number of hydrogen-bond acceptors (Lipinski definition) is 3. The van der Waals surface area contributed by atoms with E-state index in [1.807, 2.05) is 22.6 Å². The fraction of sp³-hybridized carbons (Fsp3) is 0.143. The van der Waals surface area contributed by atoms with Gasteiger partial charge in [-0.2, -0.15) is 0 Å². The van der Waals surface area contributed by atoms with Gasteiger partial charge in [-0.15, -0.1) is 0 Å². The van der Waals surface area contributed by atoms with Crippen LogP contribution in [0.25, 0.3) is 0 Å². The van der Waals surface area contributed by atoms with Crippen molar-refractivity contribution in [1.82, 2.24) is 0 Å². The normalized spacial score (nSPS) is 10.8. The molecule has 1 aromatic rings. The first kappa shape index (κ1) is 15.3. The Labute approximate surface area is 127 Å². The minimum atomic E-state index is -4.19. The monoisotopic (exact) mass is 398 g/mol. The van der Waals surface area contributed by atoms with E-state index >= 15 is 0 Å². The van der Waals surface area contributed by atoms with Crippen molar-refractivity contribution in [2.24, 2.45) is 0 Å². The van der Waals surface area contributed by atoms with Gasteiger partial charge in [-0.1, -0.05) is 12.1 Å². The first-order valence-electron chi connectivity index (χ1n) is 3.26. The zero-order valence-electron chi connectivity index (χ0n) is 7.33. The van der Waals surface area contributed by atoms with Crippen LogP contribution in [0.2, 0.25) is 0 Å². The average Bonchev–Trinajstić information content (AvgIpc) is 1.96. The van der Waals surface area contributed by atoms with E-state index in [0.717, 1.165) is 8.04 Å². The van der Waals surface area contributed by atoms with E-state index in [4.69, 9.17) is 0 Å². The van der Waals surface area contributed by atoms with E-state index in [9.17, 15) is 13.0 Å². The summed E-state index contributed by atoms with van der Waals surface area (Å²) >= 11 is 5.24. The second-order valence-electron chi connectivity index (χ2n) is 2.41. The van der Waals surface area contributed by atoms with Crippen molar-refractivity contribution >= 4 is 48.6 Å². The van der Waals surface area contributed by atoms with Crippen LogP contribution in [0.1, 0.15) is 5.56 Å². The maximum atomic E-state index is 10.5. The minimum Gasteiger partial charge on any atom is -0.748 e. The van der Waals surface area contributed by atoms with Gasteiger partial charge in [0.25, 0.3) is 0 Å². The maximum absolute atomic E-state index is 10.5. The summed E-state index contributed by atoms with van der Waals surface area (Å²) in [6.45, 7) is 0. The molecule has 14 heavy (non-hydrogen) atoms. The molecular formula is C7H5BrINaO3S. The number of halogens is 2. The van der Waals surface area contributed by atoms with Crippen molar-refractivity contribution < 1.29 is 42.5 Å². The molecule has 0 unspecified atom stereocenters. The summed E-state index contributed by atoms with van der Waals surface area (Å²) in [6, 6.07) is 5.12. The van der Waals surface area contributed by atoms with Crippen LogP contribution in [0.15, 0.2) is 22.7 Å². The largest absolute Gasteiger partial charge is 1.00 e. The maximum Gasteiger partial charge on any atom is 1.00 e. The first-order valence-corrected chi connectivity index (χ1v) is 6.71. The third-order valence-corrected chi connectivity index (χ3v) is 4.70. The Morgan fingerprint density at radius 1 is 1.43 bits per heavy atom. The van der Waals surface area contributed by atoms with Crippen molar-refractivity contribution in [1.29, 1.82) is 0 Å². The molecule has 3 nitrogen and oxygen atoms in total. The van der Waals surface area contributed by atoms with Gasteiger partial charge in [0.2, 0.25) is 0 Å². The van der Waals surface area contributed by atoms with Crippen LogP contribution < -0.4 is 29.6 Å². The van der Waals surface area contributed by atoms with Crippen LogP contribution in [-0.2, 0) is 15.9 Å². The van der Waals surface area contributed by atoms with Gasteiger partial charge in [-0.3, -0.25) is 0 Å². The topological polar surface area (TPSA) is 57.2 Å². The van der Waals surface area contributed by atoms with E-state index in [2.05, 4.69) is 15.9 Å². The molecule has 1 rings (SSSR count). The van der Waals surface area contributed by atoms with E-state index in [0.29, 0.717) is 5.56 Å². The molecule has 0 N–H and O–H groups in total. The van der Waals surface area contributed by atoms with E-state index < -0.39 is 15.9 Å². The Kier molecular flexibility index (Phi) is 6.76. The molecule has 0 aliphatic rings. The van der Waals surface area contributed by atoms with Gasteiger partial charge in [-0.25, -0.2) is 8.42 Å². The predicted octanol–water partition coefficient (Wildman–Crippen LogP) is -0.897. The van der Waals surface area contributed by atoms with Gasteiger partial charge >= 0.3 is 29.6 Å². The van der Waals surface area contributed by atoms with Crippen LogP contribution in [0.5, 0.6) is 0 Å². The predicted molar refractivity (Wildman–Crippen MR) is 60.3 cm³/mol. The second kappa shape index (κ2) is 6.17. The summed E-state index contributed by atoms with van der Waals surface area (Å²) in [5, 5.41) is 0. The standard InChI is InChI=1S/C7H6BrIO3S.Na/c8-6-3-1-2-5(7(6)9)4-13(10,11)12;/h1-3H,4H2,(H,10,11,12);/q;+1/p-1. The molecule has 0 spiro atoms. The van der Waals surface area contributed by atoms with Gasteiger partial charge in [0.05, 0.1) is 15.9 Å². The summed E-state index contributed by atoms with van der Waals surface area (Å²) in [6.07, 6.45) is 0. The van der Waals surface area contributed by atoms with Crippen molar-refractivity contribution in [3.8, 4) is 0 Å². The molecule has 0 aromatic heterocycles. The molecule has 0 amide bonds. The summed E-state index contributed by atoms with van der Waals surface area (Å²) in [4.78, 5) is 0. The Morgan fingerprint density at radius 3 is 2.50 bits per heavy atom. The Morgan fingerprint density at radius 2 is 2.00 bits per heavy atom. The SMILES string of the molecule is O=S(=O)([O-])Cc1cccc(Br)c1I.[Na+]. The molecule has 0 radical (unpaired) electrons. The Bertz CT molecular complexity index is 421. The van der Waals surface area contributed by atoms with Crippen LogP contribution in [-0.4, -0.2) is 13.0 Å². The summed E-state index contributed by atoms with van der Waals surface area (Å²) < 4.78 is 33.0. The molecule has 0 bridgehead atoms. The summed E-state index contributed by atoms with van der Waals surface area (Å²) in [5.74, 6) is -0.454. The zero-order valence-corrected chi connectivity index (χ0v) is 13.9. The van der Waals surface area contributed by atoms with Gasteiger partial charge in [0.15, 0.2) is 0 Å². The third kappa shape index (κ3) is 4.91. The molecule has 0 aliphatic carbocycles. The molecule has 0 heterocycles. The van der Waals surface area contributed by atoms with Gasteiger partial charge in [0.1, 0.15) is 0 Å². The van der Waals surface area contributed by atoms with Gasteiger partial charge in [0, 0.05) is 8.04 Å². The van der Waals surface area contributed by atoms with E-state index in [1.165, 1.54) is 0 Å². The summed E-state index contributed by atoms with van der Waals surface area (Å²) in [7, 11) is -4.19. The number of benzene rings is 1. The third-order valence-electron chi connectivity index (χ3n) is 1.36. The fourth-order valence-corrected chi connectivity index (χ4v) is 2.69. The molecule has 7 heteroatoms. The van der Waals surface area contributed by atoms with Crippen molar-refractivity contribution in [3.63, 3.8) is 0 Å². The van der Waals surface area contributed by atoms with Crippen LogP contribution >= 0.6 is 38.5 Å². The molecule has 1 aromatic carbocycles. The van der Waals surface area contributed by atoms with Gasteiger partial charge < -0.3 is 4.55 Å².